The van der Waals surface area contributed by atoms with Crippen LogP contribution in [0.5, 0.6) is 0 Å². The minimum absolute atomic E-state index is 0.0945. The van der Waals surface area contributed by atoms with Gasteiger partial charge in [0.25, 0.3) is 5.56 Å². The van der Waals surface area contributed by atoms with Crippen molar-refractivity contribution in [3.05, 3.63) is 61.0 Å². The van der Waals surface area contributed by atoms with E-state index in [1.54, 1.807) is 43.7 Å². The molecule has 0 amide bonds. The van der Waals surface area contributed by atoms with Gasteiger partial charge in [0.15, 0.2) is 16.9 Å². The van der Waals surface area contributed by atoms with E-state index in [0.717, 1.165) is 28.2 Å². The van der Waals surface area contributed by atoms with E-state index >= 15 is 0 Å². The van der Waals surface area contributed by atoms with Crippen LogP contribution in [0.1, 0.15) is 46.0 Å². The van der Waals surface area contributed by atoms with E-state index < -0.39 is 0 Å². The molecule has 8 heteroatoms. The lowest BCUT2D eigenvalue weighted by Crippen LogP contribution is -2.39. The Morgan fingerprint density at radius 3 is 2.50 bits per heavy atom. The molecule has 0 saturated carbocycles. The van der Waals surface area contributed by atoms with E-state index in [2.05, 4.69) is 18.0 Å². The molecule has 1 aromatic carbocycles. The minimum atomic E-state index is -0.340. The summed E-state index contributed by atoms with van der Waals surface area (Å²) in [7, 11) is 3.39. The van der Waals surface area contributed by atoms with Crippen LogP contribution in [-0.2, 0) is 26.4 Å². The Kier molecular flexibility index (Phi) is 6.36. The molecule has 0 radical (unpaired) electrons. The van der Waals surface area contributed by atoms with Crippen LogP contribution in [0, 0.1) is 20.8 Å². The zero-order valence-corrected chi connectivity index (χ0v) is 19.2. The Balaban J connectivity index is 1.71. The molecule has 2 aromatic heterocycles. The van der Waals surface area contributed by atoms with E-state index in [9.17, 15) is 14.4 Å². The molecule has 3 rings (SSSR count). The molecule has 160 valence electrons. The minimum Gasteiger partial charge on any atom is -0.328 e. The summed E-state index contributed by atoms with van der Waals surface area (Å²) in [4.78, 5) is 41.4. The molecule has 0 N–H and O–H groups in total. The number of aryl methyl sites for hydroxylation is 4. The highest BCUT2D eigenvalue weighted by Gasteiger charge is 2.16. The molecule has 0 saturated heterocycles. The van der Waals surface area contributed by atoms with E-state index in [-0.39, 0.29) is 17.0 Å². The molecule has 7 nitrogen and oxygen atoms in total. The third kappa shape index (κ3) is 3.88. The number of ketones is 1. The number of thioether (sulfide) groups is 1. The average molecular weight is 429 g/mol. The predicted octanol–water partition coefficient (Wildman–Crippen LogP) is 2.89. The van der Waals surface area contributed by atoms with Crippen LogP contribution in [0.3, 0.4) is 0 Å². The first-order valence-corrected chi connectivity index (χ1v) is 11.1. The second-order valence-corrected chi connectivity index (χ2v) is 8.88. The maximum atomic E-state index is 12.7. The van der Waals surface area contributed by atoms with E-state index in [1.807, 2.05) is 13.8 Å². The summed E-state index contributed by atoms with van der Waals surface area (Å²) in [6, 6.07) is 2.08. The van der Waals surface area contributed by atoms with Crippen molar-refractivity contribution < 1.29 is 4.79 Å². The second-order valence-electron chi connectivity index (χ2n) is 7.78. The second kappa shape index (κ2) is 8.63. The Labute approximate surface area is 179 Å². The van der Waals surface area contributed by atoms with Crippen molar-refractivity contribution in [2.24, 2.45) is 14.1 Å². The van der Waals surface area contributed by atoms with Crippen LogP contribution in [0.4, 0.5) is 0 Å². The lowest BCUT2D eigenvalue weighted by molar-refractivity contribution is 0.101. The quantitative estimate of drug-likeness (QED) is 0.427. The number of carbonyl (C=O) groups excluding carboxylic acids is 1. The van der Waals surface area contributed by atoms with Gasteiger partial charge in [-0.2, -0.15) is 11.8 Å². The van der Waals surface area contributed by atoms with Gasteiger partial charge in [-0.1, -0.05) is 6.07 Å². The van der Waals surface area contributed by atoms with Crippen LogP contribution in [-0.4, -0.2) is 30.2 Å². The smallest absolute Gasteiger partial charge is 0.328 e. The molecule has 0 fully saturated rings. The molecular weight excluding hydrogens is 400 g/mol. The van der Waals surface area contributed by atoms with Crippen LogP contribution >= 0.6 is 11.8 Å². The van der Waals surface area contributed by atoms with Crippen LogP contribution in [0.25, 0.3) is 11.2 Å². The van der Waals surface area contributed by atoms with Gasteiger partial charge in [-0.05, 0) is 62.1 Å². The summed E-state index contributed by atoms with van der Waals surface area (Å²) in [6.45, 7) is 8.04. The van der Waals surface area contributed by atoms with Crippen LogP contribution in [0.15, 0.2) is 22.0 Å². The Morgan fingerprint density at radius 2 is 1.83 bits per heavy atom. The first-order chi connectivity index (χ1) is 14.1. The molecule has 0 unspecified atom stereocenters. The van der Waals surface area contributed by atoms with Gasteiger partial charge in [0.1, 0.15) is 0 Å². The largest absolute Gasteiger partial charge is 0.332 e. The van der Waals surface area contributed by atoms with Gasteiger partial charge in [0.05, 0.1) is 6.33 Å². The third-order valence-corrected chi connectivity index (χ3v) is 6.67. The molecular formula is C22H28N4O3S. The number of aromatic nitrogens is 4. The topological polar surface area (TPSA) is 78.9 Å². The number of rotatable bonds is 7. The first-order valence-electron chi connectivity index (χ1n) is 9.94. The fourth-order valence-corrected chi connectivity index (χ4v) is 5.21. The van der Waals surface area contributed by atoms with Crippen molar-refractivity contribution in [3.63, 3.8) is 0 Å². The Hall–Kier alpha value is -2.61. The first kappa shape index (κ1) is 22.1. The van der Waals surface area contributed by atoms with Crippen LogP contribution < -0.4 is 11.2 Å². The van der Waals surface area contributed by atoms with E-state index in [0.29, 0.717) is 24.1 Å². The van der Waals surface area contributed by atoms with Gasteiger partial charge in [0, 0.05) is 32.0 Å². The van der Waals surface area contributed by atoms with Crippen molar-refractivity contribution >= 4 is 28.7 Å². The SMILES string of the molecule is CC(=O)c1c(C)cc(C)c(CSCCCn2c(=O)c3c(ncn3C)n(C)c2=O)c1C. The molecule has 2 heterocycles. The summed E-state index contributed by atoms with van der Waals surface area (Å²) >= 11 is 1.75. The number of nitrogens with zero attached hydrogens (tertiary/aromatic N) is 4. The number of fused-ring (bicyclic) bond motifs is 1. The van der Waals surface area contributed by atoms with Crippen molar-refractivity contribution in [1.82, 2.24) is 18.7 Å². The van der Waals surface area contributed by atoms with Gasteiger partial charge in [-0.25, -0.2) is 9.78 Å². The summed E-state index contributed by atoms with van der Waals surface area (Å²) in [5, 5.41) is 0. The Morgan fingerprint density at radius 1 is 1.13 bits per heavy atom. The summed E-state index contributed by atoms with van der Waals surface area (Å²) < 4.78 is 4.37. The number of carbonyl (C=O) groups is 1. The van der Waals surface area contributed by atoms with Gasteiger partial charge < -0.3 is 4.57 Å². The molecule has 0 aliphatic heterocycles. The number of hydrogen-bond donors (Lipinski definition) is 0. The van der Waals surface area contributed by atoms with Crippen molar-refractivity contribution in [3.8, 4) is 0 Å². The molecule has 0 aliphatic rings. The third-order valence-electron chi connectivity index (χ3n) is 5.60. The van der Waals surface area contributed by atoms with Gasteiger partial charge in [-0.3, -0.25) is 18.7 Å². The lowest BCUT2D eigenvalue weighted by Gasteiger charge is -2.15. The summed E-state index contributed by atoms with van der Waals surface area (Å²) in [6.07, 6.45) is 2.25. The highest BCUT2D eigenvalue weighted by atomic mass is 32.2. The fourth-order valence-electron chi connectivity index (χ4n) is 4.08. The maximum Gasteiger partial charge on any atom is 0.332 e. The zero-order chi connectivity index (χ0) is 22.2. The van der Waals surface area contributed by atoms with E-state index in [4.69, 9.17) is 0 Å². The standard InChI is InChI=1S/C22H28N4O3S/c1-13-10-14(2)18(16(4)27)15(3)17(13)11-30-9-7-8-26-21(28)19-20(23-12-24(19)5)25(6)22(26)29/h10,12H,7-9,11H2,1-6H3. The average Bonchev–Trinajstić information content (AvgIpc) is 3.05. The summed E-state index contributed by atoms with van der Waals surface area (Å²) in [5.74, 6) is 1.70. The normalized spacial score (nSPS) is 11.4. The monoisotopic (exact) mass is 428 g/mol. The highest BCUT2D eigenvalue weighted by molar-refractivity contribution is 7.98. The number of benzene rings is 1. The Bertz CT molecular complexity index is 1250. The summed E-state index contributed by atoms with van der Waals surface area (Å²) in [5.41, 5.74) is 5.48. The van der Waals surface area contributed by atoms with Gasteiger partial charge in [-0.15, -0.1) is 0 Å². The molecule has 0 aliphatic carbocycles. The predicted molar refractivity (Wildman–Crippen MR) is 122 cm³/mol. The molecule has 30 heavy (non-hydrogen) atoms. The van der Waals surface area contributed by atoms with Crippen molar-refractivity contribution in [2.45, 2.75) is 46.4 Å². The van der Waals surface area contributed by atoms with Gasteiger partial charge >= 0.3 is 5.69 Å². The fraction of sp³-hybridized carbons (Fsp3) is 0.455. The van der Waals surface area contributed by atoms with E-state index in [1.165, 1.54) is 20.3 Å². The van der Waals surface area contributed by atoms with Crippen LogP contribution in [0.2, 0.25) is 0 Å². The number of Topliss-reactive ketones (excluding diaryl/α,β-unsaturated/α-hetero) is 1. The van der Waals surface area contributed by atoms with Crippen molar-refractivity contribution in [2.75, 3.05) is 5.75 Å². The van der Waals surface area contributed by atoms with Gasteiger partial charge in [0.2, 0.25) is 0 Å². The number of hydrogen-bond acceptors (Lipinski definition) is 5. The maximum absolute atomic E-state index is 12.7. The molecule has 3 aromatic rings. The molecule has 0 atom stereocenters. The molecule has 0 bridgehead atoms. The lowest BCUT2D eigenvalue weighted by atomic mass is 9.92. The number of imidazole rings is 1. The molecule has 0 spiro atoms. The van der Waals surface area contributed by atoms with Crippen molar-refractivity contribution in [1.29, 1.82) is 0 Å². The highest BCUT2D eigenvalue weighted by Crippen LogP contribution is 2.26. The zero-order valence-electron chi connectivity index (χ0n) is 18.4.